The molecule has 3 N–H and O–H groups in total. The lowest BCUT2D eigenvalue weighted by molar-refractivity contribution is -0.157. The Labute approximate surface area is 222 Å². The van der Waals surface area contributed by atoms with Crippen molar-refractivity contribution >= 4 is 23.8 Å². The number of amides is 2. The highest BCUT2D eigenvalue weighted by Gasteiger charge is 2.47. The number of primary amides is 1. The van der Waals surface area contributed by atoms with Crippen LogP contribution in [-0.2, 0) is 34.1 Å². The first-order valence-electron chi connectivity index (χ1n) is 12.4. The Balaban J connectivity index is 2.19. The van der Waals surface area contributed by atoms with Crippen LogP contribution in [0.5, 0.6) is 0 Å². The van der Waals surface area contributed by atoms with Gasteiger partial charge in [-0.1, -0.05) is 91.0 Å². The lowest BCUT2D eigenvalue weighted by Gasteiger charge is -2.36. The van der Waals surface area contributed by atoms with Gasteiger partial charge in [-0.05, 0) is 30.5 Å². The van der Waals surface area contributed by atoms with Crippen molar-refractivity contribution in [1.29, 1.82) is 0 Å². The maximum Gasteiger partial charge on any atom is 0.312 e. The van der Waals surface area contributed by atoms with Gasteiger partial charge in [-0.15, -0.1) is 0 Å². The van der Waals surface area contributed by atoms with Crippen LogP contribution in [0.25, 0.3) is 0 Å². The Hall–Kier alpha value is -4.46. The quantitative estimate of drug-likeness (QED) is 0.282. The summed E-state index contributed by atoms with van der Waals surface area (Å²) in [5, 5.41) is 2.72. The van der Waals surface area contributed by atoms with Crippen molar-refractivity contribution in [2.24, 2.45) is 11.7 Å². The lowest BCUT2D eigenvalue weighted by Crippen LogP contribution is -2.57. The van der Waals surface area contributed by atoms with Crippen molar-refractivity contribution in [3.05, 3.63) is 108 Å². The number of carbonyl (C=O) groups is 4. The van der Waals surface area contributed by atoms with Gasteiger partial charge in [-0.2, -0.15) is 0 Å². The molecule has 0 aliphatic carbocycles. The van der Waals surface area contributed by atoms with Crippen LogP contribution in [0.1, 0.15) is 37.0 Å². The van der Waals surface area contributed by atoms with Crippen LogP contribution in [-0.4, -0.2) is 43.0 Å². The molecule has 2 amide bonds. The van der Waals surface area contributed by atoms with Gasteiger partial charge in [0.05, 0.1) is 25.6 Å². The van der Waals surface area contributed by atoms with E-state index in [-0.39, 0.29) is 13.2 Å². The molecule has 0 radical (unpaired) electrons. The van der Waals surface area contributed by atoms with Gasteiger partial charge < -0.3 is 20.5 Å². The van der Waals surface area contributed by atoms with E-state index in [9.17, 15) is 19.2 Å². The molecule has 38 heavy (non-hydrogen) atoms. The highest BCUT2D eigenvalue weighted by Crippen LogP contribution is 2.40. The third-order valence-corrected chi connectivity index (χ3v) is 6.24. The summed E-state index contributed by atoms with van der Waals surface area (Å²) in [5.41, 5.74) is 6.21. The van der Waals surface area contributed by atoms with Gasteiger partial charge >= 0.3 is 11.9 Å². The van der Waals surface area contributed by atoms with E-state index < -0.39 is 47.5 Å². The third-order valence-electron chi connectivity index (χ3n) is 6.24. The van der Waals surface area contributed by atoms with Gasteiger partial charge in [-0.25, -0.2) is 0 Å². The van der Waals surface area contributed by atoms with Gasteiger partial charge in [0.1, 0.15) is 11.5 Å². The summed E-state index contributed by atoms with van der Waals surface area (Å²) in [7, 11) is 0. The number of nitrogens with one attached hydrogen (secondary N) is 1. The van der Waals surface area contributed by atoms with Crippen molar-refractivity contribution in [3.8, 4) is 0 Å². The Morgan fingerprint density at radius 1 is 0.737 bits per heavy atom. The molecule has 0 bridgehead atoms. The molecule has 0 aliphatic heterocycles. The van der Waals surface area contributed by atoms with E-state index in [1.54, 1.807) is 13.8 Å². The van der Waals surface area contributed by atoms with E-state index in [4.69, 9.17) is 15.2 Å². The molecule has 0 saturated heterocycles. The van der Waals surface area contributed by atoms with Gasteiger partial charge in [0.15, 0.2) is 0 Å². The molecule has 0 spiro atoms. The zero-order valence-corrected chi connectivity index (χ0v) is 21.5. The summed E-state index contributed by atoms with van der Waals surface area (Å²) < 4.78 is 10.1. The second kappa shape index (κ2) is 13.2. The van der Waals surface area contributed by atoms with Crippen LogP contribution < -0.4 is 11.1 Å². The monoisotopic (exact) mass is 516 g/mol. The third kappa shape index (κ3) is 6.08. The number of benzene rings is 3. The Morgan fingerprint density at radius 2 is 1.16 bits per heavy atom. The predicted octanol–water partition coefficient (Wildman–Crippen LogP) is 3.12. The summed E-state index contributed by atoms with van der Waals surface area (Å²) in [5.74, 6) is -4.51. The van der Waals surface area contributed by atoms with E-state index in [1.165, 1.54) is 0 Å². The largest absolute Gasteiger partial charge is 0.466 e. The average Bonchev–Trinajstić information content (AvgIpc) is 2.93. The maximum absolute atomic E-state index is 14.5. The van der Waals surface area contributed by atoms with E-state index in [2.05, 4.69) is 5.32 Å². The highest BCUT2D eigenvalue weighted by molar-refractivity contribution is 6.00. The van der Waals surface area contributed by atoms with E-state index in [0.717, 1.165) is 0 Å². The van der Waals surface area contributed by atoms with Crippen LogP contribution in [0.4, 0.5) is 0 Å². The van der Waals surface area contributed by atoms with Crippen molar-refractivity contribution in [1.82, 2.24) is 5.32 Å². The topological polar surface area (TPSA) is 125 Å². The molecule has 0 heterocycles. The molecule has 0 aliphatic rings. The first kappa shape index (κ1) is 28.1. The molecular formula is C30H32N2O6. The maximum atomic E-state index is 14.5. The van der Waals surface area contributed by atoms with Crippen LogP contribution in [0, 0.1) is 5.92 Å². The highest BCUT2D eigenvalue weighted by atomic mass is 16.5. The van der Waals surface area contributed by atoms with Crippen LogP contribution in [0.3, 0.4) is 0 Å². The summed E-state index contributed by atoms with van der Waals surface area (Å²) in [6.45, 7) is 3.32. The van der Waals surface area contributed by atoms with Gasteiger partial charge in [0.2, 0.25) is 11.8 Å². The van der Waals surface area contributed by atoms with Crippen molar-refractivity contribution in [2.75, 3.05) is 13.2 Å². The SMILES string of the molecule is CCOC(=O)C[C@@H](C(=O)OCC)[C@@H](NC(=O)C(c1ccccc1)(c1ccccc1)c1ccccc1)C(N)=O. The second-order valence-corrected chi connectivity index (χ2v) is 8.57. The number of esters is 2. The molecule has 8 nitrogen and oxygen atoms in total. The molecule has 3 rings (SSSR count). The molecule has 0 unspecified atom stereocenters. The minimum Gasteiger partial charge on any atom is -0.466 e. The van der Waals surface area contributed by atoms with Gasteiger partial charge in [-0.3, -0.25) is 19.2 Å². The minimum absolute atomic E-state index is 0.0135. The van der Waals surface area contributed by atoms with Crippen LogP contribution in [0.2, 0.25) is 0 Å². The van der Waals surface area contributed by atoms with E-state index in [0.29, 0.717) is 16.7 Å². The molecule has 3 aromatic rings. The minimum atomic E-state index is -1.54. The van der Waals surface area contributed by atoms with Gasteiger partial charge in [0, 0.05) is 0 Å². The standard InChI is InChI=1S/C30H32N2O6/c1-3-37-25(33)20-24(28(35)38-4-2)26(27(31)34)32-29(36)30(21-14-8-5-9-15-21,22-16-10-6-11-17-22)23-18-12-7-13-19-23/h5-19,24,26H,3-4,20H2,1-2H3,(H2,31,34)(H,32,36)/t24-,26-/m1/s1. The van der Waals surface area contributed by atoms with E-state index in [1.807, 2.05) is 91.0 Å². The fourth-order valence-electron chi connectivity index (χ4n) is 4.56. The number of nitrogens with two attached hydrogens (primary N) is 1. The van der Waals surface area contributed by atoms with Crippen molar-refractivity contribution < 1.29 is 28.7 Å². The molecule has 8 heteroatoms. The number of carbonyl (C=O) groups excluding carboxylic acids is 4. The second-order valence-electron chi connectivity index (χ2n) is 8.57. The van der Waals surface area contributed by atoms with Crippen molar-refractivity contribution in [2.45, 2.75) is 31.7 Å². The molecule has 3 aromatic carbocycles. The number of rotatable bonds is 12. The first-order chi connectivity index (χ1) is 18.4. The molecule has 0 aromatic heterocycles. The summed E-state index contributed by atoms with van der Waals surface area (Å²) in [6, 6.07) is 25.8. The lowest BCUT2D eigenvalue weighted by atomic mass is 9.68. The molecular weight excluding hydrogens is 484 g/mol. The van der Waals surface area contributed by atoms with Crippen LogP contribution >= 0.6 is 0 Å². The molecule has 2 atom stereocenters. The summed E-state index contributed by atoms with van der Waals surface area (Å²) in [4.78, 5) is 52.4. The average molecular weight is 517 g/mol. The van der Waals surface area contributed by atoms with Gasteiger partial charge in [0.25, 0.3) is 0 Å². The normalized spacial score (nSPS) is 12.6. The predicted molar refractivity (Wildman–Crippen MR) is 142 cm³/mol. The Bertz CT molecular complexity index is 1130. The Morgan fingerprint density at radius 3 is 1.53 bits per heavy atom. The molecule has 0 saturated carbocycles. The summed E-state index contributed by atoms with van der Waals surface area (Å²) in [6.07, 6.45) is -0.491. The van der Waals surface area contributed by atoms with Crippen LogP contribution in [0.15, 0.2) is 91.0 Å². The first-order valence-corrected chi connectivity index (χ1v) is 12.4. The fraction of sp³-hybridized carbons (Fsp3) is 0.267. The summed E-state index contributed by atoms with van der Waals surface area (Å²) >= 11 is 0. The smallest absolute Gasteiger partial charge is 0.312 e. The number of ether oxygens (including phenoxy) is 2. The zero-order chi connectivity index (χ0) is 27.5. The number of hydrogen-bond donors (Lipinski definition) is 2. The molecule has 198 valence electrons. The van der Waals surface area contributed by atoms with Crippen molar-refractivity contribution in [3.63, 3.8) is 0 Å². The zero-order valence-electron chi connectivity index (χ0n) is 21.5. The number of hydrogen-bond acceptors (Lipinski definition) is 6. The van der Waals surface area contributed by atoms with E-state index >= 15 is 0 Å². The Kier molecular flexibility index (Phi) is 9.76. The molecule has 0 fully saturated rings. The fourth-order valence-corrected chi connectivity index (χ4v) is 4.56.